The van der Waals surface area contributed by atoms with E-state index in [1.165, 1.54) is 12.1 Å². The van der Waals surface area contributed by atoms with E-state index in [0.29, 0.717) is 12.2 Å². The number of fused-ring (bicyclic) bond motifs is 1. The van der Waals surface area contributed by atoms with Crippen LogP contribution >= 0.6 is 0 Å². The van der Waals surface area contributed by atoms with Gasteiger partial charge in [-0.15, -0.1) is 0 Å². The maximum absolute atomic E-state index is 12.4. The van der Waals surface area contributed by atoms with Crippen LogP contribution in [0, 0.1) is 0 Å². The standard InChI is InChI=1S/C20H21F2NO4/c1-2-25-18-12-13(6-8-17(18)27-20(21)22)7-9-19(24)23-15-4-3-5-16-14(15)10-11-26-16/h6-12,15,20H,2-5H2,1H3,(H,23,24)/b9-7+. The first kappa shape index (κ1) is 18.9. The summed E-state index contributed by atoms with van der Waals surface area (Å²) < 4.78 is 40.1. The number of hydrogen-bond acceptors (Lipinski definition) is 4. The first-order valence-electron chi connectivity index (χ1n) is 8.83. The molecule has 1 unspecified atom stereocenters. The number of ether oxygens (including phenoxy) is 2. The molecule has 1 aromatic carbocycles. The number of carbonyl (C=O) groups excluding carboxylic acids is 1. The van der Waals surface area contributed by atoms with E-state index in [0.717, 1.165) is 30.6 Å². The highest BCUT2D eigenvalue weighted by Crippen LogP contribution is 2.31. The lowest BCUT2D eigenvalue weighted by molar-refractivity contribution is -0.117. The molecule has 1 aromatic heterocycles. The smallest absolute Gasteiger partial charge is 0.387 e. The minimum absolute atomic E-state index is 0.0388. The highest BCUT2D eigenvalue weighted by atomic mass is 19.3. The van der Waals surface area contributed by atoms with Crippen LogP contribution in [-0.2, 0) is 11.2 Å². The van der Waals surface area contributed by atoms with E-state index in [4.69, 9.17) is 9.15 Å². The lowest BCUT2D eigenvalue weighted by Gasteiger charge is -2.22. The molecule has 0 bridgehead atoms. The van der Waals surface area contributed by atoms with Gasteiger partial charge in [-0.05, 0) is 49.6 Å². The molecule has 7 heteroatoms. The number of rotatable bonds is 7. The van der Waals surface area contributed by atoms with Gasteiger partial charge in [0.15, 0.2) is 11.5 Å². The molecule has 3 rings (SSSR count). The van der Waals surface area contributed by atoms with Gasteiger partial charge < -0.3 is 19.2 Å². The number of amides is 1. The Labute approximate surface area is 156 Å². The van der Waals surface area contributed by atoms with Gasteiger partial charge in [0.1, 0.15) is 5.76 Å². The number of aryl methyl sites for hydroxylation is 1. The molecule has 0 saturated heterocycles. The fourth-order valence-electron chi connectivity index (χ4n) is 3.12. The molecule has 1 amide bonds. The quantitative estimate of drug-likeness (QED) is 0.723. The van der Waals surface area contributed by atoms with Crippen molar-refractivity contribution in [3.8, 4) is 11.5 Å². The molecule has 1 atom stereocenters. The average molecular weight is 377 g/mol. The lowest BCUT2D eigenvalue weighted by Crippen LogP contribution is -2.29. The minimum Gasteiger partial charge on any atom is -0.490 e. The summed E-state index contributed by atoms with van der Waals surface area (Å²) in [4.78, 5) is 12.3. The van der Waals surface area contributed by atoms with E-state index >= 15 is 0 Å². The Bertz CT molecular complexity index is 816. The fraction of sp³-hybridized carbons (Fsp3) is 0.350. The Kier molecular flexibility index (Phi) is 6.11. The Balaban J connectivity index is 1.67. The second kappa shape index (κ2) is 8.70. The second-order valence-corrected chi connectivity index (χ2v) is 6.10. The van der Waals surface area contributed by atoms with Crippen LogP contribution in [0.2, 0.25) is 0 Å². The van der Waals surface area contributed by atoms with Crippen LogP contribution in [0.1, 0.15) is 42.7 Å². The van der Waals surface area contributed by atoms with Crippen molar-refractivity contribution in [3.05, 3.63) is 53.5 Å². The summed E-state index contributed by atoms with van der Waals surface area (Å²) in [5.74, 6) is 0.852. The van der Waals surface area contributed by atoms with Gasteiger partial charge in [-0.1, -0.05) is 6.07 Å². The van der Waals surface area contributed by atoms with Gasteiger partial charge in [-0.3, -0.25) is 4.79 Å². The molecular weight excluding hydrogens is 356 g/mol. The van der Waals surface area contributed by atoms with E-state index in [1.54, 1.807) is 31.4 Å². The van der Waals surface area contributed by atoms with Crippen molar-refractivity contribution in [3.63, 3.8) is 0 Å². The van der Waals surface area contributed by atoms with Crippen molar-refractivity contribution in [2.24, 2.45) is 0 Å². The molecular formula is C20H21F2NO4. The second-order valence-electron chi connectivity index (χ2n) is 6.10. The summed E-state index contributed by atoms with van der Waals surface area (Å²) in [6.45, 7) is -0.877. The fourth-order valence-corrected chi connectivity index (χ4v) is 3.12. The Morgan fingerprint density at radius 2 is 2.22 bits per heavy atom. The summed E-state index contributed by atoms with van der Waals surface area (Å²) >= 11 is 0. The van der Waals surface area contributed by atoms with Crippen molar-refractivity contribution in [1.82, 2.24) is 5.32 Å². The maximum Gasteiger partial charge on any atom is 0.387 e. The Morgan fingerprint density at radius 3 is 3.00 bits per heavy atom. The monoisotopic (exact) mass is 377 g/mol. The van der Waals surface area contributed by atoms with E-state index in [9.17, 15) is 13.6 Å². The molecule has 0 spiro atoms. The molecule has 1 aliphatic rings. The van der Waals surface area contributed by atoms with Crippen LogP contribution in [0.3, 0.4) is 0 Å². The highest BCUT2D eigenvalue weighted by molar-refractivity contribution is 5.92. The molecule has 0 aliphatic heterocycles. The van der Waals surface area contributed by atoms with E-state index in [2.05, 4.69) is 10.1 Å². The molecule has 0 fully saturated rings. The molecule has 2 aromatic rings. The molecule has 27 heavy (non-hydrogen) atoms. The third kappa shape index (κ3) is 4.87. The molecule has 1 heterocycles. The third-order valence-corrected chi connectivity index (χ3v) is 4.28. The van der Waals surface area contributed by atoms with E-state index in [-0.39, 0.29) is 23.4 Å². The summed E-state index contributed by atoms with van der Waals surface area (Å²) in [6.07, 6.45) is 7.36. The lowest BCUT2D eigenvalue weighted by atomic mass is 9.93. The Morgan fingerprint density at radius 1 is 1.37 bits per heavy atom. The van der Waals surface area contributed by atoms with E-state index in [1.807, 2.05) is 6.07 Å². The summed E-state index contributed by atoms with van der Waals surface area (Å²) in [5, 5.41) is 2.97. The number of halogens is 2. The number of alkyl halides is 2. The predicted octanol–water partition coefficient (Wildman–Crippen LogP) is 4.49. The van der Waals surface area contributed by atoms with Crippen LogP contribution in [0.4, 0.5) is 8.78 Å². The molecule has 0 saturated carbocycles. The van der Waals surface area contributed by atoms with Crippen LogP contribution in [-0.4, -0.2) is 19.1 Å². The molecule has 1 aliphatic carbocycles. The zero-order chi connectivity index (χ0) is 19.2. The summed E-state index contributed by atoms with van der Waals surface area (Å²) in [6, 6.07) is 6.36. The predicted molar refractivity (Wildman–Crippen MR) is 95.8 cm³/mol. The maximum atomic E-state index is 12.4. The number of hydrogen-bond donors (Lipinski definition) is 1. The summed E-state index contributed by atoms with van der Waals surface area (Å²) in [5.41, 5.74) is 1.66. The number of furan rings is 1. The van der Waals surface area contributed by atoms with Gasteiger partial charge in [-0.25, -0.2) is 0 Å². The molecule has 0 radical (unpaired) electrons. The van der Waals surface area contributed by atoms with Crippen LogP contribution in [0.5, 0.6) is 11.5 Å². The van der Waals surface area contributed by atoms with Crippen LogP contribution in [0.25, 0.3) is 6.08 Å². The van der Waals surface area contributed by atoms with Crippen LogP contribution in [0.15, 0.2) is 41.0 Å². The highest BCUT2D eigenvalue weighted by Gasteiger charge is 2.23. The van der Waals surface area contributed by atoms with Gasteiger partial charge in [-0.2, -0.15) is 8.78 Å². The first-order chi connectivity index (χ1) is 13.1. The van der Waals surface area contributed by atoms with Gasteiger partial charge in [0.05, 0.1) is 18.9 Å². The van der Waals surface area contributed by atoms with E-state index < -0.39 is 6.61 Å². The van der Waals surface area contributed by atoms with Crippen LogP contribution < -0.4 is 14.8 Å². The minimum atomic E-state index is -2.93. The van der Waals surface area contributed by atoms with Gasteiger partial charge in [0.2, 0.25) is 5.91 Å². The SMILES string of the molecule is CCOc1cc(/C=C/C(=O)NC2CCCc3occc32)ccc1OC(F)F. The van der Waals surface area contributed by atoms with Gasteiger partial charge in [0.25, 0.3) is 0 Å². The molecule has 144 valence electrons. The number of carbonyl (C=O) groups is 1. The van der Waals surface area contributed by atoms with Gasteiger partial charge in [0, 0.05) is 18.1 Å². The van der Waals surface area contributed by atoms with Crippen molar-refractivity contribution >= 4 is 12.0 Å². The zero-order valence-corrected chi connectivity index (χ0v) is 14.9. The van der Waals surface area contributed by atoms with Crippen molar-refractivity contribution < 1.29 is 27.5 Å². The van der Waals surface area contributed by atoms with Gasteiger partial charge >= 0.3 is 6.61 Å². The number of benzene rings is 1. The van der Waals surface area contributed by atoms with Crippen molar-refractivity contribution in [2.45, 2.75) is 38.8 Å². The van der Waals surface area contributed by atoms with Crippen molar-refractivity contribution in [2.75, 3.05) is 6.61 Å². The van der Waals surface area contributed by atoms with Crippen molar-refractivity contribution in [1.29, 1.82) is 0 Å². The third-order valence-electron chi connectivity index (χ3n) is 4.28. The molecule has 1 N–H and O–H groups in total. The topological polar surface area (TPSA) is 60.7 Å². The zero-order valence-electron chi connectivity index (χ0n) is 14.9. The first-order valence-corrected chi connectivity index (χ1v) is 8.83. The molecule has 5 nitrogen and oxygen atoms in total. The number of nitrogens with one attached hydrogen (secondary N) is 1. The normalized spacial score (nSPS) is 16.4. The average Bonchev–Trinajstić information content (AvgIpc) is 3.11. The largest absolute Gasteiger partial charge is 0.490 e. The Hall–Kier alpha value is -2.83. The summed E-state index contributed by atoms with van der Waals surface area (Å²) in [7, 11) is 0.